The molecule has 4 nitrogen and oxygen atoms in total. The van der Waals surface area contributed by atoms with E-state index in [1.807, 2.05) is 24.3 Å². The van der Waals surface area contributed by atoms with E-state index in [2.05, 4.69) is 16.0 Å². The molecule has 2 aromatic carbocycles. The molecule has 19 heavy (non-hydrogen) atoms. The van der Waals surface area contributed by atoms with Crippen LogP contribution in [0.15, 0.2) is 47.3 Å². The van der Waals surface area contributed by atoms with Gasteiger partial charge in [0.1, 0.15) is 11.6 Å². The number of aromatic amines is 1. The van der Waals surface area contributed by atoms with Crippen molar-refractivity contribution < 1.29 is 4.74 Å². The molecule has 1 radical (unpaired) electrons. The van der Waals surface area contributed by atoms with E-state index in [9.17, 15) is 4.79 Å². The Kier molecular flexibility index (Phi) is 2.76. The molecule has 0 aliphatic carbocycles. The molecule has 0 bridgehead atoms. The second-order valence-electron chi connectivity index (χ2n) is 4.06. The van der Waals surface area contributed by atoms with Crippen molar-refractivity contribution in [3.63, 3.8) is 0 Å². The summed E-state index contributed by atoms with van der Waals surface area (Å²) in [6.45, 7) is 0. The summed E-state index contributed by atoms with van der Waals surface area (Å²) >= 11 is 0. The fraction of sp³-hybridized carbons (Fsp3) is 0.0667. The summed E-state index contributed by atoms with van der Waals surface area (Å²) in [5.41, 5.74) is 1.25. The number of nitrogens with zero attached hydrogens (tertiary/aromatic N) is 1. The van der Waals surface area contributed by atoms with Crippen LogP contribution in [0.4, 0.5) is 0 Å². The minimum atomic E-state index is -0.251. The molecule has 0 fully saturated rings. The molecule has 1 heterocycles. The van der Waals surface area contributed by atoms with Gasteiger partial charge >= 0.3 is 0 Å². The lowest BCUT2D eigenvalue weighted by Crippen LogP contribution is -2.09. The number of H-pyrrole nitrogens is 1. The van der Waals surface area contributed by atoms with Crippen LogP contribution in [0, 0.1) is 6.07 Å². The number of hydrogen-bond donors (Lipinski definition) is 1. The van der Waals surface area contributed by atoms with Crippen LogP contribution in [0.5, 0.6) is 5.75 Å². The number of rotatable bonds is 2. The number of hydrogen-bond acceptors (Lipinski definition) is 3. The molecule has 0 aliphatic heterocycles. The van der Waals surface area contributed by atoms with Crippen LogP contribution >= 0.6 is 0 Å². The summed E-state index contributed by atoms with van der Waals surface area (Å²) in [6.07, 6.45) is 0. The average Bonchev–Trinajstić information content (AvgIpc) is 2.47. The van der Waals surface area contributed by atoms with Crippen LogP contribution in [0.3, 0.4) is 0 Å². The number of para-hydroxylation sites is 1. The molecule has 0 saturated heterocycles. The number of nitrogens with one attached hydrogen (secondary N) is 1. The van der Waals surface area contributed by atoms with Crippen LogP contribution in [0.1, 0.15) is 0 Å². The molecule has 1 aromatic heterocycles. The van der Waals surface area contributed by atoms with Crippen molar-refractivity contribution in [3.8, 4) is 17.1 Å². The van der Waals surface area contributed by atoms with Crippen LogP contribution in [-0.4, -0.2) is 17.1 Å². The van der Waals surface area contributed by atoms with Crippen molar-refractivity contribution in [1.29, 1.82) is 0 Å². The third-order valence-corrected chi connectivity index (χ3v) is 2.93. The van der Waals surface area contributed by atoms with Crippen LogP contribution in [-0.2, 0) is 0 Å². The largest absolute Gasteiger partial charge is 0.496 e. The zero-order chi connectivity index (χ0) is 13.2. The molecule has 3 rings (SSSR count). The molecular weight excluding hydrogens is 240 g/mol. The predicted octanol–water partition coefficient (Wildman–Crippen LogP) is 2.40. The first kappa shape index (κ1) is 11.5. The summed E-state index contributed by atoms with van der Waals surface area (Å²) in [6, 6.07) is 15.5. The summed E-state index contributed by atoms with van der Waals surface area (Å²) in [5.74, 6) is 1.12. The molecule has 0 unspecified atom stereocenters. The summed E-state index contributed by atoms with van der Waals surface area (Å²) in [4.78, 5) is 19.2. The Morgan fingerprint density at radius 2 is 2.11 bits per heavy atom. The van der Waals surface area contributed by atoms with E-state index in [1.165, 1.54) is 0 Å². The van der Waals surface area contributed by atoms with E-state index < -0.39 is 0 Å². The van der Waals surface area contributed by atoms with Crippen molar-refractivity contribution in [2.45, 2.75) is 0 Å². The zero-order valence-electron chi connectivity index (χ0n) is 10.3. The molecule has 0 saturated carbocycles. The van der Waals surface area contributed by atoms with Crippen molar-refractivity contribution in [1.82, 2.24) is 9.97 Å². The highest BCUT2D eigenvalue weighted by Crippen LogP contribution is 2.26. The lowest BCUT2D eigenvalue weighted by molar-refractivity contribution is 0.416. The highest BCUT2D eigenvalue weighted by Gasteiger charge is 2.09. The Hall–Kier alpha value is -2.62. The Morgan fingerprint density at radius 3 is 2.95 bits per heavy atom. The molecular formula is C15H11N2O2. The van der Waals surface area contributed by atoms with Gasteiger partial charge < -0.3 is 9.72 Å². The summed E-state index contributed by atoms with van der Waals surface area (Å²) < 4.78 is 5.26. The van der Waals surface area contributed by atoms with E-state index >= 15 is 0 Å². The Bertz CT molecular complexity index is 793. The van der Waals surface area contributed by atoms with Gasteiger partial charge in [0, 0.05) is 0 Å². The zero-order valence-corrected chi connectivity index (χ0v) is 10.3. The maximum atomic E-state index is 12.0. The van der Waals surface area contributed by atoms with E-state index in [1.54, 1.807) is 25.3 Å². The van der Waals surface area contributed by atoms with Crippen LogP contribution in [0.2, 0.25) is 0 Å². The van der Waals surface area contributed by atoms with Gasteiger partial charge in [-0.15, -0.1) is 0 Å². The van der Waals surface area contributed by atoms with Gasteiger partial charge in [-0.25, -0.2) is 0 Å². The van der Waals surface area contributed by atoms with Gasteiger partial charge in [0.2, 0.25) is 0 Å². The van der Waals surface area contributed by atoms with E-state index in [4.69, 9.17) is 4.74 Å². The monoisotopic (exact) mass is 251 g/mol. The number of fused-ring (bicyclic) bond motifs is 1. The molecule has 0 spiro atoms. The quantitative estimate of drug-likeness (QED) is 0.760. The third-order valence-electron chi connectivity index (χ3n) is 2.93. The average molecular weight is 251 g/mol. The Labute approximate surface area is 109 Å². The maximum absolute atomic E-state index is 12.0. The first-order chi connectivity index (χ1) is 9.29. The van der Waals surface area contributed by atoms with Gasteiger partial charge in [0.05, 0.1) is 23.6 Å². The van der Waals surface area contributed by atoms with Crippen molar-refractivity contribution in [2.24, 2.45) is 0 Å². The summed E-state index contributed by atoms with van der Waals surface area (Å²) in [7, 11) is 1.58. The van der Waals surface area contributed by atoms with Gasteiger partial charge in [-0.3, -0.25) is 4.79 Å². The molecule has 93 valence electrons. The molecule has 3 aromatic rings. The highest BCUT2D eigenvalue weighted by atomic mass is 16.5. The molecule has 0 atom stereocenters. The fourth-order valence-electron chi connectivity index (χ4n) is 2.00. The second kappa shape index (κ2) is 4.57. The smallest absolute Gasteiger partial charge is 0.281 e. The molecule has 0 aliphatic rings. The summed E-state index contributed by atoms with van der Waals surface area (Å²) in [5, 5.41) is 0.577. The van der Waals surface area contributed by atoms with Gasteiger partial charge in [0.15, 0.2) is 0 Å². The maximum Gasteiger partial charge on any atom is 0.281 e. The lowest BCUT2D eigenvalue weighted by atomic mass is 10.1. The van der Waals surface area contributed by atoms with E-state index in [-0.39, 0.29) is 5.56 Å². The van der Waals surface area contributed by atoms with Gasteiger partial charge in [-0.05, 0) is 30.3 Å². The first-order valence-corrected chi connectivity index (χ1v) is 5.83. The Balaban J connectivity index is 2.29. The number of aromatic nitrogens is 2. The van der Waals surface area contributed by atoms with Crippen molar-refractivity contribution >= 4 is 10.9 Å². The van der Waals surface area contributed by atoms with Gasteiger partial charge in [-0.1, -0.05) is 18.2 Å². The lowest BCUT2D eigenvalue weighted by Gasteiger charge is -2.07. The normalized spacial score (nSPS) is 10.6. The highest BCUT2D eigenvalue weighted by molar-refractivity contribution is 5.80. The second-order valence-corrected chi connectivity index (χ2v) is 4.06. The van der Waals surface area contributed by atoms with Gasteiger partial charge in [-0.2, -0.15) is 4.98 Å². The van der Waals surface area contributed by atoms with E-state index in [0.717, 1.165) is 11.1 Å². The fourth-order valence-corrected chi connectivity index (χ4v) is 2.00. The number of benzene rings is 2. The Morgan fingerprint density at radius 1 is 1.26 bits per heavy atom. The SMILES string of the molecule is COc1c[c]ccc1-c1nc(=O)c2ccccc2[nH]1. The standard InChI is InChI=1S/C15H11N2O2/c1-19-13-9-5-3-7-11(13)14-16-12-8-4-2-6-10(12)15(18)17-14/h2-4,6-9H,1H3,(H,16,17,18). The number of ether oxygens (including phenoxy) is 1. The molecule has 4 heteroatoms. The van der Waals surface area contributed by atoms with Crippen molar-refractivity contribution in [3.05, 3.63) is 58.9 Å². The number of methoxy groups -OCH3 is 1. The third kappa shape index (κ3) is 1.97. The van der Waals surface area contributed by atoms with Crippen molar-refractivity contribution in [2.75, 3.05) is 7.11 Å². The molecule has 1 N–H and O–H groups in total. The van der Waals surface area contributed by atoms with Gasteiger partial charge in [0.25, 0.3) is 5.56 Å². The minimum Gasteiger partial charge on any atom is -0.496 e. The predicted molar refractivity (Wildman–Crippen MR) is 73.2 cm³/mol. The van der Waals surface area contributed by atoms with E-state index in [0.29, 0.717) is 17.0 Å². The topological polar surface area (TPSA) is 55.0 Å². The minimum absolute atomic E-state index is 0.251. The first-order valence-electron chi connectivity index (χ1n) is 5.83. The van der Waals surface area contributed by atoms with Crippen LogP contribution in [0.25, 0.3) is 22.3 Å². The van der Waals surface area contributed by atoms with Crippen LogP contribution < -0.4 is 10.3 Å². The molecule has 0 amide bonds.